The van der Waals surface area contributed by atoms with Gasteiger partial charge in [-0.15, -0.1) is 0 Å². The van der Waals surface area contributed by atoms with Gasteiger partial charge in [-0.25, -0.2) is 0 Å². The maximum absolute atomic E-state index is 6.35. The van der Waals surface area contributed by atoms with Crippen LogP contribution in [0.5, 0.6) is 11.5 Å². The molecule has 0 saturated carbocycles. The van der Waals surface area contributed by atoms with Crippen LogP contribution in [0.2, 0.25) is 0 Å². The number of aryl methyl sites for hydroxylation is 1. The highest BCUT2D eigenvalue weighted by Gasteiger charge is 2.14. The van der Waals surface area contributed by atoms with Gasteiger partial charge in [-0.2, -0.15) is 0 Å². The molecule has 1 unspecified atom stereocenters. The molecule has 0 aliphatic carbocycles. The molecule has 0 heterocycles. The average molecular weight is 271 g/mol. The van der Waals surface area contributed by atoms with Crippen LogP contribution in [0.15, 0.2) is 42.5 Å². The molecule has 1 atom stereocenters. The standard InChI is InChI=1S/C17H21NO2/c1-12-9-16(19-2)17(20-3)11-14(12)15(18)10-13-7-5-4-6-8-13/h4-9,11,15H,10,18H2,1-3H3. The van der Waals surface area contributed by atoms with Gasteiger partial charge < -0.3 is 15.2 Å². The fraction of sp³-hybridized carbons (Fsp3) is 0.294. The normalized spacial score (nSPS) is 12.0. The Morgan fingerprint density at radius 2 is 1.60 bits per heavy atom. The molecule has 2 rings (SSSR count). The van der Waals surface area contributed by atoms with E-state index in [4.69, 9.17) is 15.2 Å². The number of methoxy groups -OCH3 is 2. The lowest BCUT2D eigenvalue weighted by molar-refractivity contribution is 0.354. The van der Waals surface area contributed by atoms with Crippen molar-refractivity contribution in [2.24, 2.45) is 5.73 Å². The van der Waals surface area contributed by atoms with Gasteiger partial charge in [-0.05, 0) is 42.2 Å². The number of benzene rings is 2. The third-order valence-electron chi connectivity index (χ3n) is 3.47. The largest absolute Gasteiger partial charge is 0.493 e. The maximum atomic E-state index is 6.35. The predicted molar refractivity (Wildman–Crippen MR) is 81.4 cm³/mol. The Hall–Kier alpha value is -2.00. The van der Waals surface area contributed by atoms with Crippen molar-refractivity contribution in [3.8, 4) is 11.5 Å². The topological polar surface area (TPSA) is 44.5 Å². The first-order valence-electron chi connectivity index (χ1n) is 6.67. The van der Waals surface area contributed by atoms with Crippen LogP contribution in [0, 0.1) is 6.92 Å². The summed E-state index contributed by atoms with van der Waals surface area (Å²) in [4.78, 5) is 0. The second-order valence-electron chi connectivity index (χ2n) is 4.86. The number of nitrogens with two attached hydrogens (primary N) is 1. The highest BCUT2D eigenvalue weighted by molar-refractivity contribution is 5.48. The number of hydrogen-bond acceptors (Lipinski definition) is 3. The molecule has 0 radical (unpaired) electrons. The van der Waals surface area contributed by atoms with Crippen molar-refractivity contribution in [2.45, 2.75) is 19.4 Å². The Labute approximate surface area is 120 Å². The predicted octanol–water partition coefficient (Wildman–Crippen LogP) is 3.25. The molecule has 3 heteroatoms. The molecule has 0 bridgehead atoms. The van der Waals surface area contributed by atoms with Crippen LogP contribution in [0.25, 0.3) is 0 Å². The Morgan fingerprint density at radius 1 is 1.00 bits per heavy atom. The molecule has 3 nitrogen and oxygen atoms in total. The van der Waals surface area contributed by atoms with Crippen molar-refractivity contribution in [3.05, 3.63) is 59.2 Å². The molecule has 0 aromatic heterocycles. The summed E-state index contributed by atoms with van der Waals surface area (Å²) in [6.45, 7) is 2.04. The summed E-state index contributed by atoms with van der Waals surface area (Å²) in [7, 11) is 3.28. The van der Waals surface area contributed by atoms with Crippen molar-refractivity contribution in [2.75, 3.05) is 14.2 Å². The van der Waals surface area contributed by atoms with Gasteiger partial charge in [0.05, 0.1) is 14.2 Å². The van der Waals surface area contributed by atoms with Crippen molar-refractivity contribution in [1.82, 2.24) is 0 Å². The van der Waals surface area contributed by atoms with E-state index in [2.05, 4.69) is 12.1 Å². The van der Waals surface area contributed by atoms with E-state index in [0.717, 1.165) is 29.0 Å². The third-order valence-corrected chi connectivity index (χ3v) is 3.47. The summed E-state index contributed by atoms with van der Waals surface area (Å²) in [5, 5.41) is 0. The molecule has 2 N–H and O–H groups in total. The first-order valence-corrected chi connectivity index (χ1v) is 6.67. The molecule has 0 amide bonds. The van der Waals surface area contributed by atoms with Gasteiger partial charge in [0, 0.05) is 6.04 Å². The molecule has 2 aromatic carbocycles. The highest BCUT2D eigenvalue weighted by Crippen LogP contribution is 2.33. The Kier molecular flexibility index (Phi) is 4.64. The second kappa shape index (κ2) is 6.44. The second-order valence-corrected chi connectivity index (χ2v) is 4.86. The van der Waals surface area contributed by atoms with Crippen LogP contribution in [-0.4, -0.2) is 14.2 Å². The van der Waals surface area contributed by atoms with E-state index in [1.54, 1.807) is 14.2 Å². The van der Waals surface area contributed by atoms with Crippen LogP contribution in [0.1, 0.15) is 22.7 Å². The van der Waals surface area contributed by atoms with Gasteiger partial charge in [-0.1, -0.05) is 30.3 Å². The SMILES string of the molecule is COc1cc(C)c(C(N)Cc2ccccc2)cc1OC. The van der Waals surface area contributed by atoms with Crippen LogP contribution in [0.3, 0.4) is 0 Å². The molecule has 0 spiro atoms. The van der Waals surface area contributed by atoms with Gasteiger partial charge in [0.2, 0.25) is 0 Å². The monoisotopic (exact) mass is 271 g/mol. The Bertz CT molecular complexity index is 567. The molecule has 20 heavy (non-hydrogen) atoms. The lowest BCUT2D eigenvalue weighted by Crippen LogP contribution is -2.15. The summed E-state index contributed by atoms with van der Waals surface area (Å²) in [6, 6.07) is 14.1. The zero-order valence-corrected chi connectivity index (χ0v) is 12.2. The molecule has 0 aliphatic heterocycles. The minimum atomic E-state index is -0.0581. The summed E-state index contributed by atoms with van der Waals surface area (Å²) in [5.74, 6) is 1.46. The first kappa shape index (κ1) is 14.4. The van der Waals surface area contributed by atoms with Gasteiger partial charge in [0.25, 0.3) is 0 Å². The minimum Gasteiger partial charge on any atom is -0.493 e. The summed E-state index contributed by atoms with van der Waals surface area (Å²) < 4.78 is 10.7. The lowest BCUT2D eigenvalue weighted by Gasteiger charge is -2.18. The number of hydrogen-bond donors (Lipinski definition) is 1. The van der Waals surface area contributed by atoms with E-state index in [1.807, 2.05) is 37.3 Å². The molecule has 0 fully saturated rings. The highest BCUT2D eigenvalue weighted by atomic mass is 16.5. The van der Waals surface area contributed by atoms with E-state index >= 15 is 0 Å². The smallest absolute Gasteiger partial charge is 0.161 e. The number of ether oxygens (including phenoxy) is 2. The van der Waals surface area contributed by atoms with E-state index in [1.165, 1.54) is 5.56 Å². The summed E-state index contributed by atoms with van der Waals surface area (Å²) >= 11 is 0. The average Bonchev–Trinajstić information content (AvgIpc) is 2.47. The van der Waals surface area contributed by atoms with Crippen LogP contribution in [0.4, 0.5) is 0 Å². The Morgan fingerprint density at radius 3 is 2.20 bits per heavy atom. The van der Waals surface area contributed by atoms with Gasteiger partial charge in [-0.3, -0.25) is 0 Å². The van der Waals surface area contributed by atoms with Crippen molar-refractivity contribution >= 4 is 0 Å². The van der Waals surface area contributed by atoms with Crippen LogP contribution < -0.4 is 15.2 Å². The number of rotatable bonds is 5. The fourth-order valence-corrected chi connectivity index (χ4v) is 2.37. The fourth-order valence-electron chi connectivity index (χ4n) is 2.37. The first-order chi connectivity index (χ1) is 9.65. The zero-order valence-electron chi connectivity index (χ0n) is 12.2. The van der Waals surface area contributed by atoms with E-state index < -0.39 is 0 Å². The minimum absolute atomic E-state index is 0.0581. The quantitative estimate of drug-likeness (QED) is 0.908. The van der Waals surface area contributed by atoms with Gasteiger partial charge >= 0.3 is 0 Å². The van der Waals surface area contributed by atoms with Gasteiger partial charge in [0.1, 0.15) is 0 Å². The van der Waals surface area contributed by atoms with E-state index in [-0.39, 0.29) is 6.04 Å². The molecule has 0 aliphatic rings. The van der Waals surface area contributed by atoms with Crippen molar-refractivity contribution in [3.63, 3.8) is 0 Å². The molecular formula is C17H21NO2. The Balaban J connectivity index is 2.27. The molecule has 106 valence electrons. The summed E-state index contributed by atoms with van der Waals surface area (Å²) in [6.07, 6.45) is 0.803. The molecule has 2 aromatic rings. The summed E-state index contributed by atoms with van der Waals surface area (Å²) in [5.41, 5.74) is 9.78. The molecular weight excluding hydrogens is 250 g/mol. The zero-order chi connectivity index (χ0) is 14.5. The maximum Gasteiger partial charge on any atom is 0.161 e. The van der Waals surface area contributed by atoms with Crippen molar-refractivity contribution in [1.29, 1.82) is 0 Å². The van der Waals surface area contributed by atoms with E-state index in [0.29, 0.717) is 0 Å². The third kappa shape index (κ3) is 3.11. The lowest BCUT2D eigenvalue weighted by atomic mass is 9.95. The van der Waals surface area contributed by atoms with Crippen LogP contribution in [-0.2, 0) is 6.42 Å². The van der Waals surface area contributed by atoms with Crippen molar-refractivity contribution < 1.29 is 9.47 Å². The van der Waals surface area contributed by atoms with Crippen LogP contribution >= 0.6 is 0 Å². The van der Waals surface area contributed by atoms with E-state index in [9.17, 15) is 0 Å². The molecule has 0 saturated heterocycles. The van der Waals surface area contributed by atoms with Gasteiger partial charge in [0.15, 0.2) is 11.5 Å².